The molecule has 0 saturated carbocycles. The van der Waals surface area contributed by atoms with Gasteiger partial charge in [-0.05, 0) is 51.4 Å². The van der Waals surface area contributed by atoms with Gasteiger partial charge in [0.15, 0.2) is 12.6 Å². The first kappa shape index (κ1) is 80.3. The number of carbonyl (C=O) groups is 1. The molecule has 506 valence electrons. The SMILES string of the molecule is CCCCCCC/C=C\C/C=C\CCCCCCCCCCCCCCCCCCCC(=O)NC(COC1OC(CO)C(OC2OC(CO)C(O)C(O)C2O)C(O)C1O)C(O)/C=C/CCCCCCCCCCCCCCCCCCCCCCC. The van der Waals surface area contributed by atoms with Crippen LogP contribution < -0.4 is 5.32 Å². The lowest BCUT2D eigenvalue weighted by Gasteiger charge is -2.46. The van der Waals surface area contributed by atoms with Crippen LogP contribution in [0.15, 0.2) is 36.5 Å². The van der Waals surface area contributed by atoms with Crippen molar-refractivity contribution in [3.63, 3.8) is 0 Å². The zero-order chi connectivity index (χ0) is 62.3. The van der Waals surface area contributed by atoms with Gasteiger partial charge in [-0.3, -0.25) is 4.79 Å². The molecule has 0 bridgehead atoms. The van der Waals surface area contributed by atoms with E-state index in [4.69, 9.17) is 18.9 Å². The van der Waals surface area contributed by atoms with E-state index in [2.05, 4.69) is 43.5 Å². The molecule has 0 spiro atoms. The van der Waals surface area contributed by atoms with Crippen LogP contribution in [-0.4, -0.2) is 140 Å². The summed E-state index contributed by atoms with van der Waals surface area (Å²) in [6.07, 6.45) is 56.3. The summed E-state index contributed by atoms with van der Waals surface area (Å²) < 4.78 is 22.9. The maximum atomic E-state index is 13.3. The zero-order valence-electron chi connectivity index (χ0n) is 55.1. The standard InChI is InChI=1S/C72H135NO13/c1-3-5-7-9-11-13-15-17-19-21-23-25-27-28-29-30-31-32-34-36-38-40-42-44-46-48-50-52-54-56-64(77)73-60(59-83-71-69(82)67(80)70(63(58-75)85-71)86-72-68(81)66(79)65(78)62(57-74)84-72)61(76)55-53-51-49-47-45-43-41-39-37-35-33-26-24-22-20-18-16-14-12-10-8-6-4-2/h15,17,21,23,53,55,60-63,65-72,74-76,78-82H,3-14,16,18-20,22,24-52,54,56-59H2,1-2H3,(H,73,77)/b17-15-,23-21-,55-53+. The monoisotopic (exact) mass is 1220 g/mol. The van der Waals surface area contributed by atoms with Gasteiger partial charge in [-0.25, -0.2) is 0 Å². The number of allylic oxidation sites excluding steroid dienone is 5. The van der Waals surface area contributed by atoms with Crippen LogP contribution in [0.1, 0.15) is 322 Å². The van der Waals surface area contributed by atoms with Gasteiger partial charge in [-0.1, -0.05) is 301 Å². The molecule has 0 aromatic rings. The Morgan fingerprint density at radius 2 is 0.767 bits per heavy atom. The Labute approximate surface area is 525 Å². The van der Waals surface area contributed by atoms with Gasteiger partial charge >= 0.3 is 0 Å². The van der Waals surface area contributed by atoms with Gasteiger partial charge < -0.3 is 65.1 Å². The molecular formula is C72H135NO13. The molecule has 14 nitrogen and oxygen atoms in total. The van der Waals surface area contributed by atoms with Gasteiger partial charge in [0.05, 0.1) is 32.0 Å². The number of hydrogen-bond acceptors (Lipinski definition) is 13. The maximum absolute atomic E-state index is 13.3. The molecule has 2 aliphatic rings. The van der Waals surface area contributed by atoms with Crippen molar-refractivity contribution < 1.29 is 64.6 Å². The Bertz CT molecular complexity index is 1580. The number of aliphatic hydroxyl groups excluding tert-OH is 8. The molecule has 0 aromatic carbocycles. The molecule has 9 N–H and O–H groups in total. The minimum atomic E-state index is -1.79. The Hall–Kier alpha value is -1.79. The number of hydrogen-bond donors (Lipinski definition) is 9. The first-order valence-corrected chi connectivity index (χ1v) is 36.2. The fourth-order valence-corrected chi connectivity index (χ4v) is 12.0. The molecule has 2 rings (SSSR count). The molecule has 1 amide bonds. The lowest BCUT2D eigenvalue weighted by Crippen LogP contribution is -2.65. The second-order valence-electron chi connectivity index (χ2n) is 25.7. The van der Waals surface area contributed by atoms with Crippen molar-refractivity contribution >= 4 is 5.91 Å². The summed E-state index contributed by atoms with van der Waals surface area (Å²) in [6.45, 7) is 2.84. The summed E-state index contributed by atoms with van der Waals surface area (Å²) in [5.74, 6) is -0.234. The van der Waals surface area contributed by atoms with E-state index in [0.717, 1.165) is 44.9 Å². The molecule has 12 unspecified atom stereocenters. The molecule has 2 heterocycles. The van der Waals surface area contributed by atoms with Gasteiger partial charge in [0.2, 0.25) is 5.91 Å². The third kappa shape index (κ3) is 40.8. The molecule has 2 aliphatic heterocycles. The maximum Gasteiger partial charge on any atom is 0.220 e. The van der Waals surface area contributed by atoms with Crippen LogP contribution >= 0.6 is 0 Å². The molecule has 14 heteroatoms. The second-order valence-corrected chi connectivity index (χ2v) is 25.7. The molecule has 0 aliphatic carbocycles. The fourth-order valence-electron chi connectivity index (χ4n) is 12.0. The average molecular weight is 1220 g/mol. The van der Waals surface area contributed by atoms with E-state index < -0.39 is 86.8 Å². The molecule has 12 atom stereocenters. The van der Waals surface area contributed by atoms with Crippen LogP contribution in [0.4, 0.5) is 0 Å². The summed E-state index contributed by atoms with van der Waals surface area (Å²) in [6, 6.07) is -0.915. The van der Waals surface area contributed by atoms with Gasteiger partial charge in [-0.15, -0.1) is 0 Å². The highest BCUT2D eigenvalue weighted by Gasteiger charge is 2.51. The molecule has 2 saturated heterocycles. The van der Waals surface area contributed by atoms with Crippen LogP contribution in [0.3, 0.4) is 0 Å². The van der Waals surface area contributed by atoms with E-state index in [1.54, 1.807) is 6.08 Å². The van der Waals surface area contributed by atoms with Crippen LogP contribution in [-0.2, 0) is 23.7 Å². The van der Waals surface area contributed by atoms with Crippen molar-refractivity contribution in [1.29, 1.82) is 0 Å². The van der Waals surface area contributed by atoms with Crippen LogP contribution in [0.25, 0.3) is 0 Å². The van der Waals surface area contributed by atoms with Gasteiger partial charge in [0, 0.05) is 6.42 Å². The highest BCUT2D eigenvalue weighted by atomic mass is 16.7. The van der Waals surface area contributed by atoms with Crippen LogP contribution in [0.2, 0.25) is 0 Å². The van der Waals surface area contributed by atoms with Crippen molar-refractivity contribution in [3.8, 4) is 0 Å². The van der Waals surface area contributed by atoms with Crippen LogP contribution in [0.5, 0.6) is 0 Å². The second kappa shape index (κ2) is 57.1. The highest BCUT2D eigenvalue weighted by Crippen LogP contribution is 2.30. The lowest BCUT2D eigenvalue weighted by molar-refractivity contribution is -0.359. The molecular weight excluding hydrogens is 1090 g/mol. The van der Waals surface area contributed by atoms with E-state index >= 15 is 0 Å². The third-order valence-corrected chi connectivity index (χ3v) is 17.8. The summed E-state index contributed by atoms with van der Waals surface area (Å²) in [5, 5.41) is 87.5. The van der Waals surface area contributed by atoms with Gasteiger partial charge in [0.25, 0.3) is 0 Å². The zero-order valence-corrected chi connectivity index (χ0v) is 55.1. The van der Waals surface area contributed by atoms with Crippen molar-refractivity contribution in [2.24, 2.45) is 0 Å². The molecule has 86 heavy (non-hydrogen) atoms. The Morgan fingerprint density at radius 1 is 0.419 bits per heavy atom. The topological polar surface area (TPSA) is 228 Å². The normalized spacial score (nSPS) is 23.6. The summed E-state index contributed by atoms with van der Waals surface area (Å²) in [5.41, 5.74) is 0. The van der Waals surface area contributed by atoms with Gasteiger partial charge in [0.1, 0.15) is 48.8 Å². The number of nitrogens with one attached hydrogen (secondary N) is 1. The predicted molar refractivity (Wildman–Crippen MR) is 351 cm³/mol. The number of unbranched alkanes of at least 4 members (excludes halogenated alkanes) is 43. The first-order valence-electron chi connectivity index (χ1n) is 36.2. The summed E-state index contributed by atoms with van der Waals surface area (Å²) in [4.78, 5) is 13.3. The summed E-state index contributed by atoms with van der Waals surface area (Å²) >= 11 is 0. The average Bonchev–Trinajstić information content (AvgIpc) is 2.53. The largest absolute Gasteiger partial charge is 0.394 e. The van der Waals surface area contributed by atoms with Gasteiger partial charge in [-0.2, -0.15) is 0 Å². The van der Waals surface area contributed by atoms with Crippen molar-refractivity contribution in [2.75, 3.05) is 19.8 Å². The van der Waals surface area contributed by atoms with E-state index in [1.165, 1.54) is 250 Å². The molecule has 0 radical (unpaired) electrons. The Morgan fingerprint density at radius 3 is 1.16 bits per heavy atom. The Kier molecular flexibility index (Phi) is 53.4. The van der Waals surface area contributed by atoms with E-state index in [0.29, 0.717) is 6.42 Å². The minimum Gasteiger partial charge on any atom is -0.394 e. The van der Waals surface area contributed by atoms with E-state index in [-0.39, 0.29) is 18.9 Å². The van der Waals surface area contributed by atoms with Crippen molar-refractivity contribution in [2.45, 2.75) is 396 Å². The molecule has 0 aromatic heterocycles. The lowest BCUT2D eigenvalue weighted by atomic mass is 9.97. The number of rotatable bonds is 60. The summed E-state index contributed by atoms with van der Waals surface area (Å²) in [7, 11) is 0. The highest BCUT2D eigenvalue weighted by molar-refractivity contribution is 5.76. The Balaban J connectivity index is 1.66. The van der Waals surface area contributed by atoms with Crippen LogP contribution in [0, 0.1) is 0 Å². The molecule has 2 fully saturated rings. The first-order chi connectivity index (χ1) is 42.1. The number of ether oxygens (including phenoxy) is 4. The third-order valence-electron chi connectivity index (χ3n) is 17.8. The smallest absolute Gasteiger partial charge is 0.220 e. The number of aliphatic hydroxyl groups is 8. The quantitative estimate of drug-likeness (QED) is 0.0204. The number of carbonyl (C=O) groups excluding carboxylic acids is 1. The number of amides is 1. The van der Waals surface area contributed by atoms with Crippen molar-refractivity contribution in [3.05, 3.63) is 36.5 Å². The predicted octanol–water partition coefficient (Wildman–Crippen LogP) is 14.9. The fraction of sp³-hybridized carbons (Fsp3) is 0.903. The van der Waals surface area contributed by atoms with E-state index in [1.807, 2.05) is 6.08 Å². The minimum absolute atomic E-state index is 0.234. The van der Waals surface area contributed by atoms with E-state index in [9.17, 15) is 45.6 Å². The van der Waals surface area contributed by atoms with Crippen molar-refractivity contribution in [1.82, 2.24) is 5.32 Å².